The zero-order valence-corrected chi connectivity index (χ0v) is 19.4. The molecule has 3 aliphatic rings. The van der Waals surface area contributed by atoms with E-state index in [0.717, 1.165) is 71.1 Å². The van der Waals surface area contributed by atoms with Gasteiger partial charge in [-0.15, -0.1) is 0 Å². The van der Waals surface area contributed by atoms with Crippen LogP contribution in [0, 0.1) is 0 Å². The van der Waals surface area contributed by atoms with Crippen molar-refractivity contribution < 1.29 is 18.6 Å². The van der Waals surface area contributed by atoms with Gasteiger partial charge in [0.25, 0.3) is 0 Å². The van der Waals surface area contributed by atoms with Crippen molar-refractivity contribution in [2.24, 2.45) is 0 Å². The number of nitrogens with zero attached hydrogens (tertiary/aromatic N) is 2. The Bertz CT molecular complexity index is 1370. The smallest absolute Gasteiger partial charge is 0.341 e. The molecule has 0 N–H and O–H groups in total. The molecule has 3 heterocycles. The Morgan fingerprint density at radius 3 is 1.34 bits per heavy atom. The van der Waals surface area contributed by atoms with Gasteiger partial charge in [-0.2, -0.15) is 0 Å². The quantitative estimate of drug-likeness (QED) is 0.382. The maximum atomic E-state index is 6.96. The Labute approximate surface area is 205 Å². The van der Waals surface area contributed by atoms with Crippen LogP contribution in [0.2, 0.25) is 0 Å². The van der Waals surface area contributed by atoms with Crippen LogP contribution in [-0.4, -0.2) is 39.7 Å². The highest BCUT2D eigenvalue weighted by Crippen LogP contribution is 2.40. The lowest BCUT2D eigenvalue weighted by Gasteiger charge is -2.34. The van der Waals surface area contributed by atoms with Gasteiger partial charge in [-0.25, -0.2) is 0 Å². The van der Waals surface area contributed by atoms with Crippen molar-refractivity contribution in [2.75, 3.05) is 13.1 Å². The van der Waals surface area contributed by atoms with Gasteiger partial charge in [0.2, 0.25) is 11.4 Å². The van der Waals surface area contributed by atoms with Gasteiger partial charge in [-0.05, 0) is 48.5 Å². The van der Waals surface area contributed by atoms with Crippen LogP contribution in [-0.2, 0) is 0 Å². The van der Waals surface area contributed by atoms with Crippen LogP contribution in [0.5, 0.6) is 11.5 Å². The summed E-state index contributed by atoms with van der Waals surface area (Å²) in [5, 5.41) is 0. The molecule has 1 spiro atoms. The lowest BCUT2D eigenvalue weighted by molar-refractivity contribution is -0.906. The molecule has 0 aromatic heterocycles. The second-order valence-electron chi connectivity index (χ2n) is 9.18. The van der Waals surface area contributed by atoms with E-state index in [0.29, 0.717) is 0 Å². The van der Waals surface area contributed by atoms with Gasteiger partial charge in [-0.1, -0.05) is 69.8 Å². The van der Waals surface area contributed by atoms with Gasteiger partial charge >= 0.3 is 6.03 Å². The standard InChI is InChI=1S/C31H26N2O2/c1-3-13-23(14-4-1)29-25-17-7-9-19-27(25)34-31-32(29)21-11-12-22-33(31)30(24-15-5-2-6-16-24)26-18-8-10-20-28(26)35-31/h1-10,13-20H,11-12,21-22H2/q+2. The molecule has 0 unspecified atom stereocenters. The summed E-state index contributed by atoms with van der Waals surface area (Å²) in [5.41, 5.74) is 6.79. The van der Waals surface area contributed by atoms with E-state index < -0.39 is 6.03 Å². The van der Waals surface area contributed by atoms with E-state index in [-0.39, 0.29) is 0 Å². The maximum Gasteiger partial charge on any atom is 0.704 e. The van der Waals surface area contributed by atoms with Crippen LogP contribution < -0.4 is 9.47 Å². The van der Waals surface area contributed by atoms with Crippen LogP contribution in [0.25, 0.3) is 0 Å². The highest BCUT2D eigenvalue weighted by atomic mass is 16.7. The third kappa shape index (κ3) is 3.06. The molecule has 7 rings (SSSR count). The third-order valence-electron chi connectivity index (χ3n) is 7.10. The number of hydrogen-bond acceptors (Lipinski definition) is 2. The summed E-state index contributed by atoms with van der Waals surface area (Å²) in [6.45, 7) is 1.67. The maximum absolute atomic E-state index is 6.96. The predicted molar refractivity (Wildman–Crippen MR) is 136 cm³/mol. The highest BCUT2D eigenvalue weighted by molar-refractivity contribution is 6.13. The van der Waals surface area contributed by atoms with Crippen molar-refractivity contribution >= 4 is 11.4 Å². The van der Waals surface area contributed by atoms with E-state index in [1.54, 1.807) is 0 Å². The molecule has 0 radical (unpaired) electrons. The number of ether oxygens (including phenoxy) is 2. The minimum absolute atomic E-state index is 0.833. The molecule has 1 fully saturated rings. The van der Waals surface area contributed by atoms with E-state index in [1.807, 2.05) is 12.1 Å². The van der Waals surface area contributed by atoms with Gasteiger partial charge in [0.15, 0.2) is 24.6 Å². The van der Waals surface area contributed by atoms with Crippen LogP contribution in [0.15, 0.2) is 109 Å². The molecular formula is C31H26N2O2+2. The second kappa shape index (κ2) is 7.95. The van der Waals surface area contributed by atoms with Crippen molar-refractivity contribution in [3.8, 4) is 11.5 Å². The summed E-state index contributed by atoms with van der Waals surface area (Å²) in [4.78, 5) is 0. The Balaban J connectivity index is 1.60. The number of para-hydroxylation sites is 2. The van der Waals surface area contributed by atoms with E-state index in [4.69, 9.17) is 9.47 Å². The molecule has 3 aliphatic heterocycles. The van der Waals surface area contributed by atoms with Crippen LogP contribution in [0.1, 0.15) is 35.1 Å². The fourth-order valence-electron chi connectivity index (χ4n) is 5.61. The summed E-state index contributed by atoms with van der Waals surface area (Å²) in [6.07, 6.45) is 2.09. The fourth-order valence-corrected chi connectivity index (χ4v) is 5.61. The topological polar surface area (TPSA) is 24.5 Å². The molecule has 170 valence electrons. The van der Waals surface area contributed by atoms with Gasteiger partial charge in [0, 0.05) is 24.0 Å². The van der Waals surface area contributed by atoms with Crippen molar-refractivity contribution in [2.45, 2.75) is 18.9 Å². The molecule has 0 saturated carbocycles. The zero-order valence-electron chi connectivity index (χ0n) is 19.4. The molecule has 1 saturated heterocycles. The first-order valence-electron chi connectivity index (χ1n) is 12.3. The first kappa shape index (κ1) is 20.2. The van der Waals surface area contributed by atoms with Crippen molar-refractivity contribution in [1.82, 2.24) is 0 Å². The minimum Gasteiger partial charge on any atom is -0.341 e. The lowest BCUT2D eigenvalue weighted by atomic mass is 9.98. The van der Waals surface area contributed by atoms with Crippen LogP contribution in [0.4, 0.5) is 0 Å². The molecule has 0 atom stereocenters. The molecule has 4 aromatic carbocycles. The summed E-state index contributed by atoms with van der Waals surface area (Å²) < 4.78 is 18.6. The molecule has 4 nitrogen and oxygen atoms in total. The summed E-state index contributed by atoms with van der Waals surface area (Å²) in [5.74, 6) is 1.67. The van der Waals surface area contributed by atoms with Crippen molar-refractivity contribution in [3.05, 3.63) is 131 Å². The Hall–Kier alpha value is -4.18. The van der Waals surface area contributed by atoms with E-state index in [2.05, 4.69) is 106 Å². The SMILES string of the molecule is c1ccc(C2=[N+]3CCCC[N+]4=C(c5ccccc5)c5ccccc5OC34Oc3ccccc32)cc1. The lowest BCUT2D eigenvalue weighted by Crippen LogP contribution is -2.66. The van der Waals surface area contributed by atoms with Gasteiger partial charge < -0.3 is 9.47 Å². The molecule has 4 heteroatoms. The average Bonchev–Trinajstić information content (AvgIpc) is 3.10. The zero-order chi connectivity index (χ0) is 23.2. The molecule has 0 aliphatic carbocycles. The highest BCUT2D eigenvalue weighted by Gasteiger charge is 2.68. The molecule has 0 amide bonds. The van der Waals surface area contributed by atoms with Gasteiger partial charge in [0.1, 0.15) is 0 Å². The third-order valence-corrected chi connectivity index (χ3v) is 7.10. The molecule has 35 heavy (non-hydrogen) atoms. The van der Waals surface area contributed by atoms with Gasteiger partial charge in [0.05, 0.1) is 11.1 Å². The van der Waals surface area contributed by atoms with Crippen LogP contribution in [0.3, 0.4) is 0 Å². The first-order valence-corrected chi connectivity index (χ1v) is 12.3. The largest absolute Gasteiger partial charge is 0.704 e. The van der Waals surface area contributed by atoms with Crippen molar-refractivity contribution in [3.63, 3.8) is 0 Å². The fraction of sp³-hybridized carbons (Fsp3) is 0.161. The monoisotopic (exact) mass is 458 g/mol. The average molecular weight is 459 g/mol. The molecule has 4 aromatic rings. The Morgan fingerprint density at radius 1 is 0.486 bits per heavy atom. The predicted octanol–water partition coefficient (Wildman–Crippen LogP) is 5.28. The summed E-state index contributed by atoms with van der Waals surface area (Å²) >= 11 is 0. The number of hydrogen-bond donors (Lipinski definition) is 0. The second-order valence-corrected chi connectivity index (χ2v) is 9.18. The number of rotatable bonds is 2. The summed E-state index contributed by atoms with van der Waals surface area (Å²) in [7, 11) is 0. The molecular weight excluding hydrogens is 432 g/mol. The summed E-state index contributed by atoms with van der Waals surface area (Å²) in [6, 6.07) is 36.8. The van der Waals surface area contributed by atoms with Gasteiger partial charge in [-0.3, -0.25) is 0 Å². The van der Waals surface area contributed by atoms with Crippen LogP contribution >= 0.6 is 0 Å². The Kier molecular flexibility index (Phi) is 4.59. The molecule has 0 bridgehead atoms. The number of fused-ring (bicyclic) bond motifs is 2. The van der Waals surface area contributed by atoms with E-state index in [9.17, 15) is 0 Å². The normalized spacial score (nSPS) is 17.7. The Morgan fingerprint density at radius 2 is 0.886 bits per heavy atom. The number of benzene rings is 4. The minimum atomic E-state index is -1.12. The van der Waals surface area contributed by atoms with E-state index in [1.165, 1.54) is 0 Å². The first-order chi connectivity index (χ1) is 17.4. The van der Waals surface area contributed by atoms with E-state index >= 15 is 0 Å². The van der Waals surface area contributed by atoms with Crippen molar-refractivity contribution in [1.29, 1.82) is 0 Å².